The Morgan fingerprint density at radius 2 is 1.90 bits per heavy atom. The maximum Gasteiger partial charge on any atom is 0.331 e. The molecule has 3 N–H and O–H groups in total. The molecule has 0 fully saturated rings. The average Bonchev–Trinajstić information content (AvgIpc) is 3.33. The van der Waals surface area contributed by atoms with Crippen LogP contribution >= 0.6 is 11.3 Å². The topological polar surface area (TPSA) is 109 Å². The fourth-order valence-corrected chi connectivity index (χ4v) is 5.63. The van der Waals surface area contributed by atoms with Gasteiger partial charge >= 0.3 is 11.9 Å². The number of fused-ring (bicyclic) bond motifs is 1. The van der Waals surface area contributed by atoms with E-state index in [9.17, 15) is 24.2 Å². The van der Waals surface area contributed by atoms with Gasteiger partial charge in [-0.15, -0.1) is 11.3 Å². The van der Waals surface area contributed by atoms with Crippen molar-refractivity contribution >= 4 is 39.2 Å². The standard InChI is InChI=1S/C30H25FN2O5S/c1-18-24(28(34)35)6-3-13-30(18,29(36)37)20-9-7-19(8-10-20)16-32-22-4-2-5-23(15-22)38-17-27-33-25-14-21(31)11-12-26(25)39-27/h2-15,18,32H,16-17H2,1H3,(H,34,35)(H,36,37). The second-order valence-corrected chi connectivity index (χ2v) is 10.4. The molecule has 7 nitrogen and oxygen atoms in total. The predicted molar refractivity (Wildman–Crippen MR) is 147 cm³/mol. The Hall–Kier alpha value is -4.50. The zero-order valence-corrected chi connectivity index (χ0v) is 21.7. The number of carboxylic acids is 2. The number of ether oxygens (including phenoxy) is 1. The highest BCUT2D eigenvalue weighted by molar-refractivity contribution is 7.18. The van der Waals surface area contributed by atoms with Crippen molar-refractivity contribution in [1.82, 2.24) is 4.98 Å². The summed E-state index contributed by atoms with van der Waals surface area (Å²) in [5.74, 6) is -2.63. The molecule has 5 rings (SSSR count). The molecule has 1 aliphatic rings. The number of benzene rings is 3. The van der Waals surface area contributed by atoms with Gasteiger partial charge in [-0.05, 0) is 35.4 Å². The van der Waals surface area contributed by atoms with Gasteiger partial charge in [-0.25, -0.2) is 14.2 Å². The highest BCUT2D eigenvalue weighted by Crippen LogP contribution is 2.41. The molecule has 3 aromatic carbocycles. The van der Waals surface area contributed by atoms with Gasteiger partial charge in [0.05, 0.1) is 10.2 Å². The van der Waals surface area contributed by atoms with Crippen molar-refractivity contribution in [2.75, 3.05) is 5.32 Å². The highest BCUT2D eigenvalue weighted by Gasteiger charge is 2.47. The summed E-state index contributed by atoms with van der Waals surface area (Å²) < 4.78 is 20.2. The minimum atomic E-state index is -1.46. The summed E-state index contributed by atoms with van der Waals surface area (Å²) >= 11 is 1.46. The molecule has 1 heterocycles. The van der Waals surface area contributed by atoms with E-state index in [1.807, 2.05) is 36.4 Å². The Labute approximate surface area is 227 Å². The first-order valence-electron chi connectivity index (χ1n) is 12.2. The molecular formula is C30H25FN2O5S. The molecule has 0 radical (unpaired) electrons. The van der Waals surface area contributed by atoms with E-state index in [0.29, 0.717) is 23.4 Å². The summed E-state index contributed by atoms with van der Waals surface area (Å²) in [4.78, 5) is 28.4. The second kappa shape index (κ2) is 10.7. The highest BCUT2D eigenvalue weighted by atomic mass is 32.1. The number of carbonyl (C=O) groups is 2. The van der Waals surface area contributed by atoms with Gasteiger partial charge in [-0.1, -0.05) is 55.5 Å². The molecule has 0 spiro atoms. The molecule has 2 unspecified atom stereocenters. The van der Waals surface area contributed by atoms with Crippen molar-refractivity contribution in [3.63, 3.8) is 0 Å². The SMILES string of the molecule is CC1C(C(=O)O)=CC=CC1(C(=O)O)c1ccc(CNc2cccc(OCc3nc4cc(F)ccc4s3)c2)cc1. The third-order valence-electron chi connectivity index (χ3n) is 6.90. The average molecular weight is 545 g/mol. The number of carboxylic acid groups (broad SMARTS) is 2. The lowest BCUT2D eigenvalue weighted by molar-refractivity contribution is -0.143. The molecule has 39 heavy (non-hydrogen) atoms. The third kappa shape index (κ3) is 5.26. The van der Waals surface area contributed by atoms with E-state index in [-0.39, 0.29) is 18.0 Å². The minimum absolute atomic E-state index is 0.0600. The van der Waals surface area contributed by atoms with Crippen LogP contribution in [0.2, 0.25) is 0 Å². The number of allylic oxidation sites excluding steroid dienone is 2. The van der Waals surface area contributed by atoms with Crippen molar-refractivity contribution in [2.24, 2.45) is 5.92 Å². The maximum absolute atomic E-state index is 13.4. The fourth-order valence-electron chi connectivity index (χ4n) is 4.77. The van der Waals surface area contributed by atoms with Crippen LogP contribution in [-0.4, -0.2) is 27.1 Å². The van der Waals surface area contributed by atoms with Gasteiger partial charge in [0.15, 0.2) is 0 Å². The van der Waals surface area contributed by atoms with Crippen molar-refractivity contribution in [3.05, 3.63) is 112 Å². The van der Waals surface area contributed by atoms with Gasteiger partial charge in [-0.3, -0.25) is 4.79 Å². The third-order valence-corrected chi connectivity index (χ3v) is 7.91. The van der Waals surface area contributed by atoms with Gasteiger partial charge < -0.3 is 20.3 Å². The molecule has 2 atom stereocenters. The Bertz CT molecular complexity index is 1610. The molecule has 0 saturated heterocycles. The summed E-state index contributed by atoms with van der Waals surface area (Å²) in [6.45, 7) is 2.38. The number of nitrogens with one attached hydrogen (secondary N) is 1. The lowest BCUT2D eigenvalue weighted by Crippen LogP contribution is -2.43. The van der Waals surface area contributed by atoms with Crippen molar-refractivity contribution in [2.45, 2.75) is 25.5 Å². The van der Waals surface area contributed by atoms with Gasteiger partial charge in [0, 0.05) is 35.9 Å². The number of nitrogens with zero attached hydrogens (tertiary/aromatic N) is 1. The Morgan fingerprint density at radius 3 is 2.64 bits per heavy atom. The van der Waals surface area contributed by atoms with E-state index < -0.39 is 23.3 Å². The maximum atomic E-state index is 13.4. The van der Waals surface area contributed by atoms with E-state index in [1.165, 1.54) is 35.6 Å². The molecule has 9 heteroatoms. The number of thiazole rings is 1. The van der Waals surface area contributed by atoms with Crippen LogP contribution in [0.4, 0.5) is 10.1 Å². The number of anilines is 1. The number of halogens is 1. The zero-order valence-electron chi connectivity index (χ0n) is 20.9. The van der Waals surface area contributed by atoms with Crippen molar-refractivity contribution in [3.8, 4) is 5.75 Å². The number of hydrogen-bond acceptors (Lipinski definition) is 6. The monoisotopic (exact) mass is 544 g/mol. The summed E-state index contributed by atoms with van der Waals surface area (Å²) in [7, 11) is 0. The molecule has 1 aliphatic carbocycles. The fraction of sp³-hybridized carbons (Fsp3) is 0.167. The Kier molecular flexibility index (Phi) is 7.17. The minimum Gasteiger partial charge on any atom is -0.486 e. The summed E-state index contributed by atoms with van der Waals surface area (Å²) in [6, 6.07) is 19.2. The van der Waals surface area contributed by atoms with Gasteiger partial charge in [-0.2, -0.15) is 0 Å². The number of rotatable bonds is 9. The number of aromatic nitrogens is 1. The zero-order chi connectivity index (χ0) is 27.6. The first-order chi connectivity index (χ1) is 18.8. The second-order valence-electron chi connectivity index (χ2n) is 9.27. The molecular weight excluding hydrogens is 519 g/mol. The van der Waals surface area contributed by atoms with Crippen LogP contribution in [-0.2, 0) is 28.2 Å². The van der Waals surface area contributed by atoms with Crippen LogP contribution in [0.3, 0.4) is 0 Å². The Morgan fingerprint density at radius 1 is 1.10 bits per heavy atom. The molecule has 198 valence electrons. The largest absolute Gasteiger partial charge is 0.486 e. The normalized spacial score (nSPS) is 18.5. The molecule has 1 aromatic heterocycles. The molecule has 0 saturated carbocycles. The van der Waals surface area contributed by atoms with Crippen LogP contribution in [0.5, 0.6) is 5.75 Å². The first-order valence-corrected chi connectivity index (χ1v) is 13.0. The van der Waals surface area contributed by atoms with Crippen molar-refractivity contribution in [1.29, 1.82) is 0 Å². The van der Waals surface area contributed by atoms with Crippen LogP contribution in [0.25, 0.3) is 10.2 Å². The molecule has 4 aromatic rings. The first kappa shape index (κ1) is 26.1. The van der Waals surface area contributed by atoms with E-state index in [2.05, 4.69) is 10.3 Å². The van der Waals surface area contributed by atoms with E-state index in [4.69, 9.17) is 4.74 Å². The molecule has 0 aliphatic heterocycles. The summed E-state index contributed by atoms with van der Waals surface area (Å²) in [5, 5.41) is 23.7. The van der Waals surface area contributed by atoms with E-state index in [1.54, 1.807) is 31.2 Å². The number of aliphatic carboxylic acids is 2. The molecule has 0 bridgehead atoms. The summed E-state index contributed by atoms with van der Waals surface area (Å²) in [6.07, 6.45) is 4.50. The smallest absolute Gasteiger partial charge is 0.331 e. The number of hydrogen-bond donors (Lipinski definition) is 3. The predicted octanol–water partition coefficient (Wildman–Crippen LogP) is 6.17. The van der Waals surface area contributed by atoms with Crippen LogP contribution in [0.1, 0.15) is 23.1 Å². The van der Waals surface area contributed by atoms with Gasteiger partial charge in [0.1, 0.15) is 28.6 Å². The van der Waals surface area contributed by atoms with E-state index in [0.717, 1.165) is 21.0 Å². The van der Waals surface area contributed by atoms with Crippen LogP contribution < -0.4 is 10.1 Å². The van der Waals surface area contributed by atoms with E-state index >= 15 is 0 Å². The van der Waals surface area contributed by atoms with Gasteiger partial charge in [0.25, 0.3) is 0 Å². The quantitative estimate of drug-likeness (QED) is 0.231. The lowest BCUT2D eigenvalue weighted by Gasteiger charge is -2.35. The Balaban J connectivity index is 1.24. The van der Waals surface area contributed by atoms with Gasteiger partial charge in [0.2, 0.25) is 0 Å². The van der Waals surface area contributed by atoms with Crippen LogP contribution in [0.15, 0.2) is 90.5 Å². The van der Waals surface area contributed by atoms with Crippen LogP contribution in [0, 0.1) is 11.7 Å². The molecule has 0 amide bonds. The lowest BCUT2D eigenvalue weighted by atomic mass is 9.66. The summed E-state index contributed by atoms with van der Waals surface area (Å²) in [5.41, 5.74) is 1.49. The van der Waals surface area contributed by atoms with Crippen molar-refractivity contribution < 1.29 is 28.9 Å².